The number of methoxy groups -OCH3 is 1. The van der Waals surface area contributed by atoms with Gasteiger partial charge in [0.2, 0.25) is 0 Å². The molecule has 2 aromatic carbocycles. The molecule has 0 heterocycles. The van der Waals surface area contributed by atoms with Gasteiger partial charge >= 0.3 is 0 Å². The monoisotopic (exact) mass is 287 g/mol. The standard InChI is InChI=1S/C18H22FNO/c1-4-11-20-13(2)15-7-10-18(19)17(12-15)14-5-8-16(21-3)9-6-14/h5-10,12-13,20H,4,11H2,1-3H3. The van der Waals surface area contributed by atoms with Crippen LogP contribution in [0.3, 0.4) is 0 Å². The molecule has 0 aliphatic rings. The molecular weight excluding hydrogens is 265 g/mol. The van der Waals surface area contributed by atoms with Crippen molar-refractivity contribution < 1.29 is 9.13 Å². The molecule has 1 unspecified atom stereocenters. The van der Waals surface area contributed by atoms with Gasteiger partial charge in [-0.05, 0) is 55.3 Å². The molecule has 0 amide bonds. The molecule has 1 atom stereocenters. The van der Waals surface area contributed by atoms with Crippen LogP contribution in [0.1, 0.15) is 31.9 Å². The number of hydrogen-bond donors (Lipinski definition) is 1. The van der Waals surface area contributed by atoms with Crippen LogP contribution >= 0.6 is 0 Å². The maximum atomic E-state index is 14.1. The molecule has 1 N–H and O–H groups in total. The van der Waals surface area contributed by atoms with E-state index in [0.29, 0.717) is 5.56 Å². The van der Waals surface area contributed by atoms with Gasteiger partial charge in [-0.15, -0.1) is 0 Å². The summed E-state index contributed by atoms with van der Waals surface area (Å²) >= 11 is 0. The first kappa shape index (κ1) is 15.5. The lowest BCUT2D eigenvalue weighted by Gasteiger charge is -2.15. The average molecular weight is 287 g/mol. The molecule has 2 nitrogen and oxygen atoms in total. The molecule has 2 rings (SSSR count). The minimum absolute atomic E-state index is 0.202. The van der Waals surface area contributed by atoms with Crippen molar-refractivity contribution in [2.75, 3.05) is 13.7 Å². The molecule has 0 radical (unpaired) electrons. The van der Waals surface area contributed by atoms with E-state index in [1.54, 1.807) is 13.2 Å². The molecule has 2 aromatic rings. The lowest BCUT2D eigenvalue weighted by molar-refractivity contribution is 0.415. The molecule has 0 saturated carbocycles. The molecule has 112 valence electrons. The third kappa shape index (κ3) is 3.82. The molecular formula is C18H22FNO. The van der Waals surface area contributed by atoms with E-state index in [2.05, 4.69) is 19.2 Å². The topological polar surface area (TPSA) is 21.3 Å². The molecule has 0 aromatic heterocycles. The molecule has 0 fully saturated rings. The molecule has 0 spiro atoms. The number of hydrogen-bond acceptors (Lipinski definition) is 2. The Morgan fingerprint density at radius 1 is 1.14 bits per heavy atom. The molecule has 0 aliphatic heterocycles. The van der Waals surface area contributed by atoms with Crippen LogP contribution in [-0.2, 0) is 0 Å². The van der Waals surface area contributed by atoms with Crippen LogP contribution in [0.25, 0.3) is 11.1 Å². The largest absolute Gasteiger partial charge is 0.497 e. The first-order chi connectivity index (χ1) is 10.2. The van der Waals surface area contributed by atoms with E-state index < -0.39 is 0 Å². The Morgan fingerprint density at radius 3 is 2.48 bits per heavy atom. The zero-order valence-corrected chi connectivity index (χ0v) is 12.8. The van der Waals surface area contributed by atoms with Gasteiger partial charge in [0.1, 0.15) is 11.6 Å². The van der Waals surface area contributed by atoms with Gasteiger partial charge in [0.25, 0.3) is 0 Å². The summed E-state index contributed by atoms with van der Waals surface area (Å²) < 4.78 is 19.2. The second-order valence-corrected chi connectivity index (χ2v) is 5.14. The van der Waals surface area contributed by atoms with Crippen molar-refractivity contribution in [3.8, 4) is 16.9 Å². The number of ether oxygens (including phenoxy) is 1. The van der Waals surface area contributed by atoms with E-state index in [9.17, 15) is 4.39 Å². The second kappa shape index (κ2) is 7.23. The number of benzene rings is 2. The van der Waals surface area contributed by atoms with Gasteiger partial charge < -0.3 is 10.1 Å². The van der Waals surface area contributed by atoms with Crippen molar-refractivity contribution in [1.82, 2.24) is 5.32 Å². The van der Waals surface area contributed by atoms with Gasteiger partial charge in [-0.2, -0.15) is 0 Å². The second-order valence-electron chi connectivity index (χ2n) is 5.14. The third-order valence-electron chi connectivity index (χ3n) is 3.59. The molecule has 0 bridgehead atoms. The van der Waals surface area contributed by atoms with E-state index in [1.165, 1.54) is 0 Å². The highest BCUT2D eigenvalue weighted by atomic mass is 19.1. The third-order valence-corrected chi connectivity index (χ3v) is 3.59. The Hall–Kier alpha value is -1.87. The van der Waals surface area contributed by atoms with Crippen LogP contribution in [0.15, 0.2) is 42.5 Å². The van der Waals surface area contributed by atoms with Crippen molar-refractivity contribution in [3.05, 3.63) is 53.8 Å². The van der Waals surface area contributed by atoms with Crippen LogP contribution in [0.4, 0.5) is 4.39 Å². The summed E-state index contributed by atoms with van der Waals surface area (Å²) in [5, 5.41) is 3.42. The number of nitrogens with one attached hydrogen (secondary N) is 1. The Morgan fingerprint density at radius 2 is 1.86 bits per heavy atom. The van der Waals surface area contributed by atoms with Crippen LogP contribution in [0.5, 0.6) is 5.75 Å². The first-order valence-electron chi connectivity index (χ1n) is 7.33. The average Bonchev–Trinajstić information content (AvgIpc) is 2.53. The highest BCUT2D eigenvalue weighted by molar-refractivity contribution is 5.65. The summed E-state index contributed by atoms with van der Waals surface area (Å²) in [6.07, 6.45) is 1.08. The summed E-state index contributed by atoms with van der Waals surface area (Å²) in [6, 6.07) is 13.0. The van der Waals surface area contributed by atoms with E-state index in [1.807, 2.05) is 36.4 Å². The molecule has 21 heavy (non-hydrogen) atoms. The van der Waals surface area contributed by atoms with Gasteiger partial charge in [0, 0.05) is 11.6 Å². The predicted octanol–water partition coefficient (Wildman–Crippen LogP) is 4.56. The van der Waals surface area contributed by atoms with E-state index in [-0.39, 0.29) is 11.9 Å². The van der Waals surface area contributed by atoms with Crippen molar-refractivity contribution in [1.29, 1.82) is 0 Å². The zero-order valence-electron chi connectivity index (χ0n) is 12.8. The number of rotatable bonds is 6. The van der Waals surface area contributed by atoms with Crippen molar-refractivity contribution in [2.45, 2.75) is 26.3 Å². The fourth-order valence-electron chi connectivity index (χ4n) is 2.28. The summed E-state index contributed by atoms with van der Waals surface area (Å²) in [4.78, 5) is 0. The summed E-state index contributed by atoms with van der Waals surface area (Å²) in [7, 11) is 1.62. The molecule has 0 saturated heterocycles. The Kier molecular flexibility index (Phi) is 5.34. The SMILES string of the molecule is CCCNC(C)c1ccc(F)c(-c2ccc(OC)cc2)c1. The van der Waals surface area contributed by atoms with Crippen molar-refractivity contribution in [3.63, 3.8) is 0 Å². The van der Waals surface area contributed by atoms with Gasteiger partial charge in [0.05, 0.1) is 7.11 Å². The van der Waals surface area contributed by atoms with Crippen molar-refractivity contribution in [2.24, 2.45) is 0 Å². The Labute approximate surface area is 126 Å². The van der Waals surface area contributed by atoms with Crippen LogP contribution in [0.2, 0.25) is 0 Å². The summed E-state index contributed by atoms with van der Waals surface area (Å²) in [5.74, 6) is 0.569. The lowest BCUT2D eigenvalue weighted by Crippen LogP contribution is -2.19. The Balaban J connectivity index is 2.29. The minimum Gasteiger partial charge on any atom is -0.497 e. The highest BCUT2D eigenvalue weighted by Crippen LogP contribution is 2.27. The molecule has 0 aliphatic carbocycles. The van der Waals surface area contributed by atoms with Gasteiger partial charge in [-0.1, -0.05) is 25.1 Å². The van der Waals surface area contributed by atoms with Gasteiger partial charge in [-0.3, -0.25) is 0 Å². The van der Waals surface area contributed by atoms with Gasteiger partial charge in [-0.25, -0.2) is 4.39 Å². The molecule has 3 heteroatoms. The van der Waals surface area contributed by atoms with Crippen molar-refractivity contribution >= 4 is 0 Å². The van der Waals surface area contributed by atoms with Crippen LogP contribution < -0.4 is 10.1 Å². The lowest BCUT2D eigenvalue weighted by atomic mass is 9.99. The summed E-state index contributed by atoms with van der Waals surface area (Å²) in [5.41, 5.74) is 2.58. The smallest absolute Gasteiger partial charge is 0.131 e. The fourth-order valence-corrected chi connectivity index (χ4v) is 2.28. The maximum absolute atomic E-state index is 14.1. The van der Waals surface area contributed by atoms with Crippen LogP contribution in [0, 0.1) is 5.82 Å². The normalized spacial score (nSPS) is 12.2. The fraction of sp³-hybridized carbons (Fsp3) is 0.333. The zero-order chi connectivity index (χ0) is 15.2. The van der Waals surface area contributed by atoms with Crippen LogP contribution in [-0.4, -0.2) is 13.7 Å². The van der Waals surface area contributed by atoms with E-state index in [4.69, 9.17) is 4.74 Å². The Bertz CT molecular complexity index is 580. The first-order valence-corrected chi connectivity index (χ1v) is 7.33. The van der Waals surface area contributed by atoms with E-state index in [0.717, 1.165) is 29.8 Å². The maximum Gasteiger partial charge on any atom is 0.131 e. The highest BCUT2D eigenvalue weighted by Gasteiger charge is 2.10. The van der Waals surface area contributed by atoms with E-state index >= 15 is 0 Å². The quantitative estimate of drug-likeness (QED) is 0.840. The summed E-state index contributed by atoms with van der Waals surface area (Å²) in [6.45, 7) is 5.18. The minimum atomic E-state index is -0.202. The predicted molar refractivity (Wildman–Crippen MR) is 85.1 cm³/mol. The van der Waals surface area contributed by atoms with Gasteiger partial charge in [0.15, 0.2) is 0 Å². The number of halogens is 1.